The van der Waals surface area contributed by atoms with Crippen LogP contribution >= 0.6 is 11.8 Å². The number of rotatable bonds is 4. The van der Waals surface area contributed by atoms with Crippen molar-refractivity contribution >= 4 is 29.0 Å². The highest BCUT2D eigenvalue weighted by atomic mass is 32.2. The molecule has 1 aliphatic heterocycles. The number of nitrogens with zero attached hydrogens (tertiary/aromatic N) is 2. The minimum absolute atomic E-state index is 0.208. The molecule has 6 heteroatoms. The van der Waals surface area contributed by atoms with Crippen LogP contribution in [0.5, 0.6) is 0 Å². The molecule has 1 saturated heterocycles. The number of hydrogen-bond donors (Lipinski definition) is 0. The van der Waals surface area contributed by atoms with Gasteiger partial charge in [-0.3, -0.25) is 14.5 Å². The summed E-state index contributed by atoms with van der Waals surface area (Å²) in [6.45, 7) is 0.510. The van der Waals surface area contributed by atoms with Crippen LogP contribution in [-0.2, 0) is 4.79 Å². The second-order valence-corrected chi connectivity index (χ2v) is 8.04. The van der Waals surface area contributed by atoms with E-state index < -0.39 is 0 Å². The van der Waals surface area contributed by atoms with Gasteiger partial charge < -0.3 is 4.57 Å². The van der Waals surface area contributed by atoms with Gasteiger partial charge in [-0.2, -0.15) is 0 Å². The topological polar surface area (TPSA) is 42.3 Å². The first kappa shape index (κ1) is 18.0. The van der Waals surface area contributed by atoms with Crippen LogP contribution in [0.2, 0.25) is 0 Å². The average Bonchev–Trinajstić information content (AvgIpc) is 3.23. The lowest BCUT2D eigenvalue weighted by Gasteiger charge is -2.25. The van der Waals surface area contributed by atoms with Crippen molar-refractivity contribution in [2.45, 2.75) is 32.1 Å². The molecule has 2 amide bonds. The highest BCUT2D eigenvalue weighted by Crippen LogP contribution is 2.35. The molecule has 1 aliphatic carbocycles. The zero-order valence-corrected chi connectivity index (χ0v) is 15.8. The highest BCUT2D eigenvalue weighted by molar-refractivity contribution is 8.18. The number of para-hydroxylation sites is 1. The van der Waals surface area contributed by atoms with Gasteiger partial charge in [0.05, 0.1) is 10.6 Å². The number of imide groups is 1. The molecule has 1 aromatic carbocycles. The number of thioether (sulfide) groups is 1. The summed E-state index contributed by atoms with van der Waals surface area (Å²) in [4.78, 5) is 26.9. The number of hydrogen-bond acceptors (Lipinski definition) is 3. The Balaban J connectivity index is 1.57. The number of carbonyl (C=O) groups is 2. The van der Waals surface area contributed by atoms with Gasteiger partial charge in [-0.1, -0.05) is 31.4 Å². The van der Waals surface area contributed by atoms with Crippen LogP contribution in [-0.4, -0.2) is 27.2 Å². The molecule has 4 nitrogen and oxygen atoms in total. The predicted octanol–water partition coefficient (Wildman–Crippen LogP) is 5.23. The van der Waals surface area contributed by atoms with Gasteiger partial charge in [-0.15, -0.1) is 0 Å². The zero-order valence-electron chi connectivity index (χ0n) is 14.9. The summed E-state index contributed by atoms with van der Waals surface area (Å²) >= 11 is 0.968. The lowest BCUT2D eigenvalue weighted by molar-refractivity contribution is -0.123. The van der Waals surface area contributed by atoms with Crippen molar-refractivity contribution in [1.29, 1.82) is 0 Å². The Kier molecular flexibility index (Phi) is 5.16. The molecule has 140 valence electrons. The lowest BCUT2D eigenvalue weighted by Crippen LogP contribution is -2.34. The summed E-state index contributed by atoms with van der Waals surface area (Å²) in [5, 5.41) is -0.208. The summed E-state index contributed by atoms with van der Waals surface area (Å²) in [6.07, 6.45) is 9.17. The van der Waals surface area contributed by atoms with E-state index in [1.807, 2.05) is 6.07 Å². The van der Waals surface area contributed by atoms with Crippen LogP contribution in [0.25, 0.3) is 11.8 Å². The van der Waals surface area contributed by atoms with Crippen molar-refractivity contribution < 1.29 is 14.0 Å². The fraction of sp³-hybridized carbons (Fsp3) is 0.333. The third kappa shape index (κ3) is 3.72. The maximum Gasteiger partial charge on any atom is 0.293 e. The number of aromatic nitrogens is 1. The van der Waals surface area contributed by atoms with Crippen LogP contribution in [0.1, 0.15) is 37.8 Å². The number of amides is 2. The van der Waals surface area contributed by atoms with Gasteiger partial charge in [0.15, 0.2) is 0 Å². The summed E-state index contributed by atoms with van der Waals surface area (Å²) in [5.74, 6) is -0.167. The maximum atomic E-state index is 14.1. The Hall–Kier alpha value is -2.34. The molecule has 27 heavy (non-hydrogen) atoms. The third-order valence-electron chi connectivity index (χ3n) is 5.21. The van der Waals surface area contributed by atoms with Crippen LogP contribution < -0.4 is 0 Å². The van der Waals surface area contributed by atoms with Gasteiger partial charge >= 0.3 is 0 Å². The predicted molar refractivity (Wildman–Crippen MR) is 105 cm³/mol. The van der Waals surface area contributed by atoms with Crippen molar-refractivity contribution in [3.63, 3.8) is 0 Å². The van der Waals surface area contributed by atoms with Gasteiger partial charge in [0.1, 0.15) is 5.82 Å². The summed E-state index contributed by atoms with van der Waals surface area (Å²) in [6, 6.07) is 10.1. The Morgan fingerprint density at radius 1 is 1.07 bits per heavy atom. The van der Waals surface area contributed by atoms with Gasteiger partial charge in [0.2, 0.25) is 0 Å². The molecular weight excluding hydrogens is 363 g/mol. The van der Waals surface area contributed by atoms with Crippen LogP contribution in [0, 0.1) is 11.7 Å². The molecule has 1 aromatic heterocycles. The Bertz CT molecular complexity index is 899. The van der Waals surface area contributed by atoms with E-state index in [0.29, 0.717) is 28.7 Å². The first-order valence-corrected chi connectivity index (χ1v) is 10.1. The second kappa shape index (κ2) is 7.72. The van der Waals surface area contributed by atoms with Gasteiger partial charge in [-0.05, 0) is 60.9 Å². The van der Waals surface area contributed by atoms with Crippen molar-refractivity contribution in [2.24, 2.45) is 5.92 Å². The van der Waals surface area contributed by atoms with Crippen molar-refractivity contribution in [2.75, 3.05) is 6.54 Å². The molecule has 2 aromatic rings. The molecule has 1 saturated carbocycles. The maximum absolute atomic E-state index is 14.1. The minimum atomic E-state index is -0.339. The summed E-state index contributed by atoms with van der Waals surface area (Å²) in [5.41, 5.74) is 1.08. The smallest absolute Gasteiger partial charge is 0.293 e. The van der Waals surface area contributed by atoms with Crippen molar-refractivity contribution in [1.82, 2.24) is 9.47 Å². The van der Waals surface area contributed by atoms with E-state index in [4.69, 9.17) is 0 Å². The monoisotopic (exact) mass is 384 g/mol. The fourth-order valence-electron chi connectivity index (χ4n) is 3.80. The molecule has 0 radical (unpaired) electrons. The first-order chi connectivity index (χ1) is 13.1. The largest absolute Gasteiger partial charge is 0.314 e. The molecule has 2 aliphatic rings. The molecule has 0 atom stereocenters. The second-order valence-electron chi connectivity index (χ2n) is 7.05. The summed E-state index contributed by atoms with van der Waals surface area (Å²) < 4.78 is 15.8. The zero-order chi connectivity index (χ0) is 18.8. The Morgan fingerprint density at radius 3 is 2.63 bits per heavy atom. The van der Waals surface area contributed by atoms with E-state index in [2.05, 4.69) is 0 Å². The van der Waals surface area contributed by atoms with Crippen LogP contribution in [0.4, 0.5) is 9.18 Å². The average molecular weight is 384 g/mol. The molecule has 4 rings (SSSR count). The fourth-order valence-corrected chi connectivity index (χ4v) is 4.63. The van der Waals surface area contributed by atoms with E-state index in [1.165, 1.54) is 30.2 Å². The van der Waals surface area contributed by atoms with E-state index in [0.717, 1.165) is 24.6 Å². The number of benzene rings is 1. The van der Waals surface area contributed by atoms with Crippen molar-refractivity contribution in [3.05, 3.63) is 59.0 Å². The quantitative estimate of drug-likeness (QED) is 0.678. The number of halogens is 1. The normalized spacial score (nSPS) is 20.0. The first-order valence-electron chi connectivity index (χ1n) is 9.31. The van der Waals surface area contributed by atoms with E-state index >= 15 is 0 Å². The van der Waals surface area contributed by atoms with E-state index in [9.17, 15) is 14.0 Å². The molecule has 0 N–H and O–H groups in total. The van der Waals surface area contributed by atoms with Crippen LogP contribution in [0.3, 0.4) is 0 Å². The van der Waals surface area contributed by atoms with Gasteiger partial charge in [-0.25, -0.2) is 4.39 Å². The Labute approximate surface area is 162 Å². The van der Waals surface area contributed by atoms with Gasteiger partial charge in [0, 0.05) is 18.4 Å². The molecule has 2 fully saturated rings. The molecular formula is C21H21FN2O2S. The lowest BCUT2D eigenvalue weighted by atomic mass is 9.89. The molecule has 0 bridgehead atoms. The minimum Gasteiger partial charge on any atom is -0.314 e. The van der Waals surface area contributed by atoms with Crippen molar-refractivity contribution in [3.8, 4) is 5.69 Å². The number of carbonyl (C=O) groups excluding carboxylic acids is 2. The third-order valence-corrected chi connectivity index (χ3v) is 6.12. The highest BCUT2D eigenvalue weighted by Gasteiger charge is 2.36. The SMILES string of the molecule is O=C1S/C(=C/c2cccn2-c2ccccc2F)C(=O)N1CC1CCCCC1. The molecule has 0 spiro atoms. The van der Waals surface area contributed by atoms with Gasteiger partial charge in [0.25, 0.3) is 11.1 Å². The summed E-state index contributed by atoms with van der Waals surface area (Å²) in [7, 11) is 0. The van der Waals surface area contributed by atoms with Crippen LogP contribution in [0.15, 0.2) is 47.5 Å². The molecule has 2 heterocycles. The standard InChI is InChI=1S/C21H21FN2O2S/c22-17-10-4-5-11-18(17)23-12-6-9-16(23)13-19-20(25)24(21(26)27-19)14-15-7-2-1-3-8-15/h4-6,9-13,15H,1-3,7-8,14H2/b19-13+. The van der Waals surface area contributed by atoms with E-state index in [-0.39, 0.29) is 17.0 Å². The Morgan fingerprint density at radius 2 is 1.85 bits per heavy atom. The molecule has 0 unspecified atom stereocenters. The van der Waals surface area contributed by atoms with E-state index in [1.54, 1.807) is 41.1 Å².